The Morgan fingerprint density at radius 2 is 1.95 bits per heavy atom. The molecule has 0 amide bonds. The number of halogens is 1. The van der Waals surface area contributed by atoms with E-state index in [1.807, 2.05) is 18.2 Å². The molecule has 3 N–H and O–H groups in total. The number of esters is 1. The van der Waals surface area contributed by atoms with Crippen molar-refractivity contribution >= 4 is 34.6 Å². The zero-order valence-corrected chi connectivity index (χ0v) is 11.1. The molecule has 0 atom stereocenters. The maximum absolute atomic E-state index is 11.5. The van der Waals surface area contributed by atoms with Gasteiger partial charge in [-0.15, -0.1) is 0 Å². The monoisotopic (exact) mass is 276 g/mol. The second-order valence-electron chi connectivity index (χ2n) is 3.90. The molecule has 5 heteroatoms. The number of hydrogen-bond donors (Lipinski definition) is 2. The summed E-state index contributed by atoms with van der Waals surface area (Å²) >= 11 is 6.09. The van der Waals surface area contributed by atoms with Crippen molar-refractivity contribution in [3.05, 3.63) is 53.1 Å². The highest BCUT2D eigenvalue weighted by molar-refractivity contribution is 6.33. The van der Waals surface area contributed by atoms with Gasteiger partial charge in [-0.2, -0.15) is 0 Å². The van der Waals surface area contributed by atoms with Gasteiger partial charge in [0.1, 0.15) is 0 Å². The molecule has 0 unspecified atom stereocenters. The molecule has 2 aromatic rings. The molecular formula is C14H13ClN2O2. The normalized spacial score (nSPS) is 10.0. The fourth-order valence-corrected chi connectivity index (χ4v) is 1.79. The van der Waals surface area contributed by atoms with Crippen LogP contribution in [0.3, 0.4) is 0 Å². The Morgan fingerprint density at radius 3 is 2.63 bits per heavy atom. The van der Waals surface area contributed by atoms with Crippen molar-refractivity contribution in [2.75, 3.05) is 18.2 Å². The molecule has 0 bridgehead atoms. The number of nitrogens with one attached hydrogen (secondary N) is 1. The molecule has 0 aromatic heterocycles. The molecule has 0 radical (unpaired) electrons. The van der Waals surface area contributed by atoms with E-state index in [1.54, 1.807) is 24.3 Å². The Labute approximate surface area is 116 Å². The van der Waals surface area contributed by atoms with Gasteiger partial charge in [-0.25, -0.2) is 4.79 Å². The first-order valence-corrected chi connectivity index (χ1v) is 5.99. The minimum absolute atomic E-state index is 0.416. The highest BCUT2D eigenvalue weighted by Gasteiger charge is 2.09. The number of carbonyl (C=O) groups is 1. The van der Waals surface area contributed by atoms with Gasteiger partial charge in [0.2, 0.25) is 0 Å². The minimum atomic E-state index is -0.416. The molecule has 0 aliphatic carbocycles. The maximum atomic E-state index is 11.5. The molecule has 19 heavy (non-hydrogen) atoms. The number of nitrogens with two attached hydrogens (primary N) is 1. The van der Waals surface area contributed by atoms with Crippen molar-refractivity contribution in [3.8, 4) is 0 Å². The van der Waals surface area contributed by atoms with Crippen LogP contribution in [0.15, 0.2) is 42.5 Å². The third kappa shape index (κ3) is 2.98. The molecule has 0 aliphatic rings. The molecule has 98 valence electrons. The van der Waals surface area contributed by atoms with Crippen LogP contribution in [-0.4, -0.2) is 13.1 Å². The van der Waals surface area contributed by atoms with Crippen molar-refractivity contribution < 1.29 is 9.53 Å². The lowest BCUT2D eigenvalue weighted by molar-refractivity contribution is 0.0601. The molecule has 0 saturated heterocycles. The number of benzene rings is 2. The third-order valence-electron chi connectivity index (χ3n) is 2.62. The lowest BCUT2D eigenvalue weighted by Gasteiger charge is -2.11. The predicted molar refractivity (Wildman–Crippen MR) is 76.9 cm³/mol. The van der Waals surface area contributed by atoms with E-state index in [4.69, 9.17) is 17.3 Å². The molecule has 2 aromatic carbocycles. The summed E-state index contributed by atoms with van der Waals surface area (Å²) in [6, 6.07) is 12.2. The van der Waals surface area contributed by atoms with Crippen LogP contribution < -0.4 is 11.1 Å². The number of anilines is 3. The molecule has 0 aliphatic heterocycles. The van der Waals surface area contributed by atoms with Gasteiger partial charge in [-0.3, -0.25) is 0 Å². The van der Waals surface area contributed by atoms with Crippen LogP contribution in [0.25, 0.3) is 0 Å². The van der Waals surface area contributed by atoms with Crippen LogP contribution in [0, 0.1) is 0 Å². The van der Waals surface area contributed by atoms with E-state index < -0.39 is 5.97 Å². The minimum Gasteiger partial charge on any atom is -0.465 e. The second kappa shape index (κ2) is 5.63. The summed E-state index contributed by atoms with van der Waals surface area (Å²) in [5.74, 6) is -0.416. The van der Waals surface area contributed by atoms with Gasteiger partial charge >= 0.3 is 5.97 Å². The Balaban J connectivity index is 2.34. The predicted octanol–water partition coefficient (Wildman–Crippen LogP) is 3.45. The van der Waals surface area contributed by atoms with Gasteiger partial charge in [-0.05, 0) is 30.3 Å². The molecule has 0 saturated carbocycles. The number of rotatable bonds is 3. The number of ether oxygens (including phenoxy) is 1. The van der Waals surface area contributed by atoms with Crippen molar-refractivity contribution in [1.29, 1.82) is 0 Å². The van der Waals surface area contributed by atoms with Crippen molar-refractivity contribution in [2.24, 2.45) is 0 Å². The van der Waals surface area contributed by atoms with Crippen molar-refractivity contribution in [2.45, 2.75) is 0 Å². The average molecular weight is 277 g/mol. The quantitative estimate of drug-likeness (QED) is 0.666. The SMILES string of the molecule is COC(=O)c1ccc(Cl)c(Nc2ccccc2N)c1. The summed E-state index contributed by atoms with van der Waals surface area (Å²) in [5, 5.41) is 3.59. The summed E-state index contributed by atoms with van der Waals surface area (Å²) < 4.78 is 4.67. The van der Waals surface area contributed by atoms with Gasteiger partial charge in [-0.1, -0.05) is 23.7 Å². The number of para-hydroxylation sites is 2. The lowest BCUT2D eigenvalue weighted by Crippen LogP contribution is -2.03. The summed E-state index contributed by atoms with van der Waals surface area (Å²) in [6.07, 6.45) is 0. The Bertz CT molecular complexity index is 614. The third-order valence-corrected chi connectivity index (χ3v) is 2.95. The van der Waals surface area contributed by atoms with E-state index in [1.165, 1.54) is 7.11 Å². The van der Waals surface area contributed by atoms with E-state index >= 15 is 0 Å². The number of methoxy groups -OCH3 is 1. The molecular weight excluding hydrogens is 264 g/mol. The van der Waals surface area contributed by atoms with Crippen LogP contribution in [-0.2, 0) is 4.74 Å². The smallest absolute Gasteiger partial charge is 0.337 e. The fourth-order valence-electron chi connectivity index (χ4n) is 1.62. The Hall–Kier alpha value is -2.20. The van der Waals surface area contributed by atoms with E-state index in [0.29, 0.717) is 22.0 Å². The van der Waals surface area contributed by atoms with E-state index in [2.05, 4.69) is 10.1 Å². The van der Waals surface area contributed by atoms with Gasteiger partial charge < -0.3 is 15.8 Å². The van der Waals surface area contributed by atoms with Crippen LogP contribution >= 0.6 is 11.6 Å². The standard InChI is InChI=1S/C14H13ClN2O2/c1-19-14(18)9-6-7-10(15)13(8-9)17-12-5-3-2-4-11(12)16/h2-8,17H,16H2,1H3. The first kappa shape index (κ1) is 13.2. The summed E-state index contributed by atoms with van der Waals surface area (Å²) in [5.41, 5.74) is 8.19. The van der Waals surface area contributed by atoms with Gasteiger partial charge in [0.25, 0.3) is 0 Å². The average Bonchev–Trinajstić information content (AvgIpc) is 2.42. The summed E-state index contributed by atoms with van der Waals surface area (Å²) in [7, 11) is 1.33. The number of nitrogen functional groups attached to an aromatic ring is 1. The largest absolute Gasteiger partial charge is 0.465 e. The number of hydrogen-bond acceptors (Lipinski definition) is 4. The molecule has 0 heterocycles. The van der Waals surface area contributed by atoms with Crippen LogP contribution in [0.1, 0.15) is 10.4 Å². The van der Waals surface area contributed by atoms with E-state index in [0.717, 1.165) is 5.69 Å². The molecule has 2 rings (SSSR count). The van der Waals surface area contributed by atoms with Crippen molar-refractivity contribution in [1.82, 2.24) is 0 Å². The molecule has 0 spiro atoms. The van der Waals surface area contributed by atoms with Crippen molar-refractivity contribution in [3.63, 3.8) is 0 Å². The highest BCUT2D eigenvalue weighted by Crippen LogP contribution is 2.29. The van der Waals surface area contributed by atoms with E-state index in [-0.39, 0.29) is 0 Å². The summed E-state index contributed by atoms with van der Waals surface area (Å²) in [6.45, 7) is 0. The highest BCUT2D eigenvalue weighted by atomic mass is 35.5. The zero-order valence-electron chi connectivity index (χ0n) is 10.3. The fraction of sp³-hybridized carbons (Fsp3) is 0.0714. The van der Waals surface area contributed by atoms with Crippen LogP contribution in [0.2, 0.25) is 5.02 Å². The van der Waals surface area contributed by atoms with Crippen LogP contribution in [0.4, 0.5) is 17.1 Å². The Kier molecular flexibility index (Phi) is 3.92. The Morgan fingerprint density at radius 1 is 1.21 bits per heavy atom. The first-order chi connectivity index (χ1) is 9.11. The zero-order chi connectivity index (χ0) is 13.8. The topological polar surface area (TPSA) is 64.3 Å². The second-order valence-corrected chi connectivity index (χ2v) is 4.31. The van der Waals surface area contributed by atoms with Crippen LogP contribution in [0.5, 0.6) is 0 Å². The lowest BCUT2D eigenvalue weighted by atomic mass is 10.2. The molecule has 0 fully saturated rings. The molecule has 4 nitrogen and oxygen atoms in total. The number of carbonyl (C=O) groups excluding carboxylic acids is 1. The maximum Gasteiger partial charge on any atom is 0.337 e. The van der Waals surface area contributed by atoms with Gasteiger partial charge in [0, 0.05) is 0 Å². The van der Waals surface area contributed by atoms with E-state index in [9.17, 15) is 4.79 Å². The van der Waals surface area contributed by atoms with Gasteiger partial charge in [0.05, 0.1) is 34.8 Å². The summed E-state index contributed by atoms with van der Waals surface area (Å²) in [4.78, 5) is 11.5. The first-order valence-electron chi connectivity index (χ1n) is 5.61. The van der Waals surface area contributed by atoms with Gasteiger partial charge in [0.15, 0.2) is 0 Å².